The summed E-state index contributed by atoms with van der Waals surface area (Å²) in [6, 6.07) is 2.16. The fraction of sp³-hybridized carbons (Fsp3) is 0.231. The smallest absolute Gasteiger partial charge is 0.373 e. The van der Waals surface area contributed by atoms with Gasteiger partial charge in [-0.25, -0.2) is 14.4 Å². The number of benzene rings is 1. The molecule has 2 rings (SSSR count). The highest BCUT2D eigenvalue weighted by molar-refractivity contribution is 5.65. The standard InChI is InChI=1S/C13H12F4N4/c1-7-11(18-2)19-6-20-12(7)21-10-5-8(13(15,16)17)3-4-9(10)14/h3-6H,1-2H3,(H2,18,19,20,21). The summed E-state index contributed by atoms with van der Waals surface area (Å²) in [5.74, 6) is -0.0699. The van der Waals surface area contributed by atoms with Gasteiger partial charge in [-0.3, -0.25) is 0 Å². The lowest BCUT2D eigenvalue weighted by atomic mass is 10.2. The van der Waals surface area contributed by atoms with Gasteiger partial charge in [0.1, 0.15) is 23.8 Å². The molecule has 8 heteroatoms. The second-order valence-electron chi connectivity index (χ2n) is 4.26. The highest BCUT2D eigenvalue weighted by Gasteiger charge is 2.31. The summed E-state index contributed by atoms with van der Waals surface area (Å²) < 4.78 is 51.6. The Hall–Kier alpha value is -2.38. The first-order valence-electron chi connectivity index (χ1n) is 5.96. The van der Waals surface area contributed by atoms with Crippen LogP contribution >= 0.6 is 0 Å². The van der Waals surface area contributed by atoms with Crippen molar-refractivity contribution in [2.45, 2.75) is 13.1 Å². The molecular formula is C13H12F4N4. The van der Waals surface area contributed by atoms with Crippen LogP contribution in [0.4, 0.5) is 34.9 Å². The molecule has 21 heavy (non-hydrogen) atoms. The quantitative estimate of drug-likeness (QED) is 0.848. The van der Waals surface area contributed by atoms with Crippen molar-refractivity contribution < 1.29 is 17.6 Å². The number of aromatic nitrogens is 2. The second-order valence-corrected chi connectivity index (χ2v) is 4.26. The number of alkyl halides is 3. The van der Waals surface area contributed by atoms with Crippen LogP contribution in [0.5, 0.6) is 0 Å². The monoisotopic (exact) mass is 300 g/mol. The number of hydrogen-bond acceptors (Lipinski definition) is 4. The topological polar surface area (TPSA) is 49.8 Å². The average Bonchev–Trinajstić information content (AvgIpc) is 2.42. The Bertz CT molecular complexity index is 655. The predicted molar refractivity (Wildman–Crippen MR) is 71.0 cm³/mol. The van der Waals surface area contributed by atoms with Gasteiger partial charge in [-0.2, -0.15) is 13.2 Å². The van der Waals surface area contributed by atoms with Gasteiger partial charge in [0.05, 0.1) is 11.3 Å². The van der Waals surface area contributed by atoms with Crippen LogP contribution in [0.3, 0.4) is 0 Å². The molecule has 0 saturated carbocycles. The van der Waals surface area contributed by atoms with E-state index in [1.165, 1.54) is 6.33 Å². The zero-order valence-corrected chi connectivity index (χ0v) is 11.2. The zero-order valence-electron chi connectivity index (χ0n) is 11.2. The van der Waals surface area contributed by atoms with Crippen molar-refractivity contribution in [1.29, 1.82) is 0 Å². The average molecular weight is 300 g/mol. The Kier molecular flexibility index (Phi) is 3.97. The highest BCUT2D eigenvalue weighted by atomic mass is 19.4. The maximum Gasteiger partial charge on any atom is 0.416 e. The fourth-order valence-corrected chi connectivity index (χ4v) is 1.75. The van der Waals surface area contributed by atoms with Crippen molar-refractivity contribution in [2.75, 3.05) is 17.7 Å². The van der Waals surface area contributed by atoms with E-state index in [4.69, 9.17) is 0 Å². The lowest BCUT2D eigenvalue weighted by Crippen LogP contribution is -2.08. The van der Waals surface area contributed by atoms with Crippen LogP contribution < -0.4 is 10.6 Å². The van der Waals surface area contributed by atoms with E-state index in [0.717, 1.165) is 6.07 Å². The maximum absolute atomic E-state index is 13.7. The first kappa shape index (κ1) is 15.0. The van der Waals surface area contributed by atoms with Gasteiger partial charge >= 0.3 is 6.18 Å². The maximum atomic E-state index is 13.7. The molecule has 2 aromatic rings. The first-order valence-corrected chi connectivity index (χ1v) is 5.96. The highest BCUT2D eigenvalue weighted by Crippen LogP contribution is 2.33. The second kappa shape index (κ2) is 5.55. The van der Waals surface area contributed by atoms with E-state index in [1.54, 1.807) is 14.0 Å². The van der Waals surface area contributed by atoms with Crippen LogP contribution in [0.25, 0.3) is 0 Å². The van der Waals surface area contributed by atoms with E-state index in [1.807, 2.05) is 0 Å². The van der Waals surface area contributed by atoms with E-state index in [-0.39, 0.29) is 11.5 Å². The van der Waals surface area contributed by atoms with E-state index in [2.05, 4.69) is 20.6 Å². The van der Waals surface area contributed by atoms with Gasteiger partial charge in [-0.05, 0) is 25.1 Å². The van der Waals surface area contributed by atoms with Gasteiger partial charge < -0.3 is 10.6 Å². The minimum atomic E-state index is -4.54. The molecule has 0 aliphatic carbocycles. The van der Waals surface area contributed by atoms with Crippen LogP contribution in [-0.4, -0.2) is 17.0 Å². The zero-order chi connectivity index (χ0) is 15.6. The Morgan fingerprint density at radius 3 is 2.38 bits per heavy atom. The summed E-state index contributed by atoms with van der Waals surface area (Å²) >= 11 is 0. The lowest BCUT2D eigenvalue weighted by Gasteiger charge is -2.13. The summed E-state index contributed by atoms with van der Waals surface area (Å²) in [5.41, 5.74) is -0.669. The Balaban J connectivity index is 2.40. The van der Waals surface area contributed by atoms with Gasteiger partial charge in [0.25, 0.3) is 0 Å². The van der Waals surface area contributed by atoms with E-state index >= 15 is 0 Å². The number of halogens is 4. The minimum absolute atomic E-state index is 0.229. The van der Waals surface area contributed by atoms with Gasteiger partial charge in [0, 0.05) is 12.6 Å². The van der Waals surface area contributed by atoms with Crippen molar-refractivity contribution in [1.82, 2.24) is 9.97 Å². The number of rotatable bonds is 3. The number of hydrogen-bond donors (Lipinski definition) is 2. The minimum Gasteiger partial charge on any atom is -0.373 e. The molecule has 0 aliphatic heterocycles. The molecule has 0 fully saturated rings. The normalized spacial score (nSPS) is 11.3. The molecule has 0 radical (unpaired) electrons. The third-order valence-corrected chi connectivity index (χ3v) is 2.87. The van der Waals surface area contributed by atoms with Crippen LogP contribution in [-0.2, 0) is 6.18 Å². The van der Waals surface area contributed by atoms with E-state index in [9.17, 15) is 17.6 Å². The molecule has 0 saturated heterocycles. The summed E-state index contributed by atoms with van der Waals surface area (Å²) in [4.78, 5) is 7.85. The third kappa shape index (κ3) is 3.21. The van der Waals surface area contributed by atoms with Crippen molar-refractivity contribution >= 4 is 17.3 Å². The van der Waals surface area contributed by atoms with Crippen LogP contribution in [0.2, 0.25) is 0 Å². The molecule has 112 valence electrons. The van der Waals surface area contributed by atoms with Crippen molar-refractivity contribution in [2.24, 2.45) is 0 Å². The number of nitrogens with one attached hydrogen (secondary N) is 2. The summed E-state index contributed by atoms with van der Waals surface area (Å²) in [6.45, 7) is 1.67. The summed E-state index contributed by atoms with van der Waals surface area (Å²) in [5, 5.41) is 5.37. The fourth-order valence-electron chi connectivity index (χ4n) is 1.75. The third-order valence-electron chi connectivity index (χ3n) is 2.87. The molecule has 1 aromatic carbocycles. The van der Waals surface area contributed by atoms with Crippen molar-refractivity contribution in [3.05, 3.63) is 41.5 Å². The molecule has 0 atom stereocenters. The Labute approximate surface area is 118 Å². The van der Waals surface area contributed by atoms with Gasteiger partial charge in [0.15, 0.2) is 0 Å². The Morgan fingerprint density at radius 2 is 1.76 bits per heavy atom. The molecule has 1 aromatic heterocycles. The molecule has 1 heterocycles. The van der Waals surface area contributed by atoms with Crippen LogP contribution in [0.1, 0.15) is 11.1 Å². The molecule has 0 aliphatic rings. The van der Waals surface area contributed by atoms with E-state index in [0.29, 0.717) is 23.5 Å². The molecular weight excluding hydrogens is 288 g/mol. The molecule has 0 unspecified atom stereocenters. The van der Waals surface area contributed by atoms with Crippen molar-refractivity contribution in [3.8, 4) is 0 Å². The van der Waals surface area contributed by atoms with Gasteiger partial charge in [-0.15, -0.1) is 0 Å². The van der Waals surface area contributed by atoms with Crippen molar-refractivity contribution in [3.63, 3.8) is 0 Å². The molecule has 0 amide bonds. The SMILES string of the molecule is CNc1ncnc(Nc2cc(C(F)(F)F)ccc2F)c1C. The van der Waals surface area contributed by atoms with Crippen LogP contribution in [0.15, 0.2) is 24.5 Å². The summed E-state index contributed by atoms with van der Waals surface area (Å²) in [7, 11) is 1.64. The number of nitrogens with zero attached hydrogens (tertiary/aromatic N) is 2. The van der Waals surface area contributed by atoms with Crippen LogP contribution in [0, 0.1) is 12.7 Å². The molecule has 0 spiro atoms. The molecule has 2 N–H and O–H groups in total. The molecule has 4 nitrogen and oxygen atoms in total. The first-order chi connectivity index (χ1) is 9.82. The predicted octanol–water partition coefficient (Wildman–Crippen LogP) is 3.73. The lowest BCUT2D eigenvalue weighted by molar-refractivity contribution is -0.137. The van der Waals surface area contributed by atoms with Gasteiger partial charge in [-0.1, -0.05) is 0 Å². The summed E-state index contributed by atoms with van der Waals surface area (Å²) in [6.07, 6.45) is -3.31. The largest absolute Gasteiger partial charge is 0.416 e. The van der Waals surface area contributed by atoms with Gasteiger partial charge in [0.2, 0.25) is 0 Å². The molecule has 0 bridgehead atoms. The Morgan fingerprint density at radius 1 is 1.10 bits per heavy atom. The number of anilines is 3. The van der Waals surface area contributed by atoms with E-state index < -0.39 is 17.6 Å².